The van der Waals surface area contributed by atoms with Crippen molar-refractivity contribution in [3.63, 3.8) is 0 Å². The third kappa shape index (κ3) is 2.87. The fraction of sp³-hybridized carbons (Fsp3) is 0.133. The number of hydrogen-bond donors (Lipinski definition) is 3. The molecule has 2 heterocycles. The molecule has 10 heteroatoms. The second kappa shape index (κ2) is 5.45. The number of amides is 2. The molecule has 0 saturated heterocycles. The summed E-state index contributed by atoms with van der Waals surface area (Å²) in [6, 6.07) is 5.61. The molecular formula is C15H14N4O5S. The topological polar surface area (TPSA) is 140 Å². The number of rotatable bonds is 3. The molecule has 3 rings (SSSR count). The number of nitrogens with one attached hydrogen (secondary N) is 2. The molecule has 0 fully saturated rings. The molecule has 0 unspecified atom stereocenters. The second-order valence-corrected chi connectivity index (χ2v) is 7.40. The van der Waals surface area contributed by atoms with Crippen molar-refractivity contribution in [2.24, 2.45) is 0 Å². The number of fused-ring (bicyclic) bond motifs is 1. The average molecular weight is 362 g/mol. The van der Waals surface area contributed by atoms with E-state index < -0.39 is 27.4 Å². The molecule has 4 N–H and O–H groups in total. The minimum absolute atomic E-state index is 0.0784. The maximum atomic E-state index is 12.4. The quantitative estimate of drug-likeness (QED) is 0.656. The number of nitrogen functional groups attached to an aromatic ring is 1. The number of imide groups is 1. The predicted molar refractivity (Wildman–Crippen MR) is 91.5 cm³/mol. The molecule has 1 aromatic heterocycles. The number of nitrogens with zero attached hydrogens (tertiary/aromatic N) is 1. The van der Waals surface area contributed by atoms with Crippen LogP contribution in [0.5, 0.6) is 0 Å². The number of sulfonamides is 1. The molecule has 0 bridgehead atoms. The Bertz CT molecular complexity index is 1100. The molecule has 25 heavy (non-hydrogen) atoms. The summed E-state index contributed by atoms with van der Waals surface area (Å²) in [5.41, 5.74) is 6.34. The lowest BCUT2D eigenvalue weighted by molar-refractivity contribution is 0.0880. The predicted octanol–water partition coefficient (Wildman–Crippen LogP) is -0.0168. The summed E-state index contributed by atoms with van der Waals surface area (Å²) >= 11 is 0. The molecule has 2 aromatic rings. The van der Waals surface area contributed by atoms with Crippen molar-refractivity contribution in [3.05, 3.63) is 51.3 Å². The zero-order valence-corrected chi connectivity index (χ0v) is 14.1. The van der Waals surface area contributed by atoms with Gasteiger partial charge < -0.3 is 5.73 Å². The molecule has 0 radical (unpaired) electrons. The van der Waals surface area contributed by atoms with Crippen molar-refractivity contribution < 1.29 is 18.0 Å². The van der Waals surface area contributed by atoms with Gasteiger partial charge in [0.1, 0.15) is 5.82 Å². The number of carbonyl (C=O) groups excluding carboxylic acids is 2. The summed E-state index contributed by atoms with van der Waals surface area (Å²) in [5.74, 6) is -1.56. The van der Waals surface area contributed by atoms with Crippen LogP contribution in [0.3, 0.4) is 0 Å². The molecule has 0 atom stereocenters. The number of pyridine rings is 1. The zero-order valence-electron chi connectivity index (χ0n) is 13.3. The fourth-order valence-electron chi connectivity index (χ4n) is 2.60. The number of benzene rings is 1. The Balaban J connectivity index is 2.24. The molecule has 1 aliphatic heterocycles. The smallest absolute Gasteiger partial charge is 0.262 e. The molecule has 9 nitrogen and oxygen atoms in total. The molecule has 1 aliphatic rings. The summed E-state index contributed by atoms with van der Waals surface area (Å²) in [6.45, 7) is 1.69. The van der Waals surface area contributed by atoms with E-state index in [2.05, 4.69) is 10.0 Å². The molecule has 0 saturated carbocycles. The highest BCUT2D eigenvalue weighted by atomic mass is 32.2. The Morgan fingerprint density at radius 2 is 1.80 bits per heavy atom. The Labute approximate surface area is 142 Å². The first-order chi connectivity index (χ1) is 11.6. The minimum Gasteiger partial charge on any atom is -0.384 e. The van der Waals surface area contributed by atoms with E-state index in [0.717, 1.165) is 16.9 Å². The van der Waals surface area contributed by atoms with Crippen molar-refractivity contribution in [2.45, 2.75) is 6.92 Å². The maximum absolute atomic E-state index is 12.4. The summed E-state index contributed by atoms with van der Waals surface area (Å²) < 4.78 is 26.3. The van der Waals surface area contributed by atoms with Gasteiger partial charge in [-0.15, -0.1) is 0 Å². The van der Waals surface area contributed by atoms with Gasteiger partial charge in [-0.3, -0.25) is 29.0 Å². The lowest BCUT2D eigenvalue weighted by atomic mass is 10.1. The summed E-state index contributed by atoms with van der Waals surface area (Å²) in [4.78, 5) is 35.9. The molecular weight excluding hydrogens is 348 g/mol. The van der Waals surface area contributed by atoms with Crippen LogP contribution < -0.4 is 21.3 Å². The third-order valence-corrected chi connectivity index (χ3v) is 4.32. The number of anilines is 2. The van der Waals surface area contributed by atoms with E-state index in [0.29, 0.717) is 5.56 Å². The van der Waals surface area contributed by atoms with Gasteiger partial charge in [0.15, 0.2) is 0 Å². The molecule has 130 valence electrons. The maximum Gasteiger partial charge on any atom is 0.262 e. The summed E-state index contributed by atoms with van der Waals surface area (Å²) in [6.07, 6.45) is 1.00. The largest absolute Gasteiger partial charge is 0.384 e. The van der Waals surface area contributed by atoms with Gasteiger partial charge in [0, 0.05) is 6.07 Å². The number of carbonyl (C=O) groups is 2. The van der Waals surface area contributed by atoms with E-state index in [-0.39, 0.29) is 28.3 Å². The monoisotopic (exact) mass is 362 g/mol. The van der Waals surface area contributed by atoms with Gasteiger partial charge in [-0.1, -0.05) is 6.07 Å². The van der Waals surface area contributed by atoms with Crippen molar-refractivity contribution in [1.29, 1.82) is 0 Å². The van der Waals surface area contributed by atoms with Crippen molar-refractivity contribution in [3.8, 4) is 5.69 Å². The van der Waals surface area contributed by atoms with Crippen LogP contribution in [0.1, 0.15) is 26.3 Å². The number of hydrogen-bond acceptors (Lipinski definition) is 6. The number of aromatic nitrogens is 1. The van der Waals surface area contributed by atoms with Crippen LogP contribution in [-0.2, 0) is 10.0 Å². The van der Waals surface area contributed by atoms with E-state index in [4.69, 9.17) is 5.73 Å². The SMILES string of the molecule is Cc1ccc(-n2c(N)c3c(cc2=O)C(=O)NC3=O)cc1NS(C)(=O)=O. The molecule has 0 spiro atoms. The third-order valence-electron chi connectivity index (χ3n) is 3.73. The lowest BCUT2D eigenvalue weighted by Gasteiger charge is -2.14. The highest BCUT2D eigenvalue weighted by Crippen LogP contribution is 2.25. The Morgan fingerprint density at radius 3 is 2.44 bits per heavy atom. The van der Waals surface area contributed by atoms with Gasteiger partial charge in [0.05, 0.1) is 28.8 Å². The normalized spacial score (nSPS) is 13.5. The highest BCUT2D eigenvalue weighted by Gasteiger charge is 2.31. The Morgan fingerprint density at radius 1 is 1.12 bits per heavy atom. The average Bonchev–Trinajstić information content (AvgIpc) is 2.75. The van der Waals surface area contributed by atoms with E-state index in [1.165, 1.54) is 6.07 Å². The van der Waals surface area contributed by atoms with Crippen LogP contribution in [0.4, 0.5) is 11.5 Å². The van der Waals surface area contributed by atoms with Crippen LogP contribution in [-0.4, -0.2) is 31.1 Å². The van der Waals surface area contributed by atoms with Crippen LogP contribution in [0.15, 0.2) is 29.1 Å². The van der Waals surface area contributed by atoms with Gasteiger partial charge >= 0.3 is 0 Å². The van der Waals surface area contributed by atoms with Gasteiger partial charge in [-0.05, 0) is 24.6 Å². The molecule has 0 aliphatic carbocycles. The van der Waals surface area contributed by atoms with E-state index >= 15 is 0 Å². The number of nitrogens with two attached hydrogens (primary N) is 1. The fourth-order valence-corrected chi connectivity index (χ4v) is 3.22. The second-order valence-electron chi connectivity index (χ2n) is 5.65. The zero-order chi connectivity index (χ0) is 18.5. The van der Waals surface area contributed by atoms with Crippen molar-refractivity contribution in [1.82, 2.24) is 9.88 Å². The Hall–Kier alpha value is -3.14. The first-order valence-electron chi connectivity index (χ1n) is 7.08. The van der Waals surface area contributed by atoms with Crippen molar-refractivity contribution >= 4 is 33.3 Å². The van der Waals surface area contributed by atoms with Crippen LogP contribution in [0.2, 0.25) is 0 Å². The van der Waals surface area contributed by atoms with E-state index in [1.54, 1.807) is 19.1 Å². The standard InChI is InChI=1S/C15H14N4O5S/c1-7-3-4-8(5-10(7)18-25(2,23)24)19-11(20)6-9-12(13(19)16)15(22)17-14(9)21/h3-6,18H,16H2,1-2H3,(H,17,21,22). The Kier molecular flexibility index (Phi) is 3.64. The minimum atomic E-state index is -3.52. The molecule has 1 aromatic carbocycles. The highest BCUT2D eigenvalue weighted by molar-refractivity contribution is 7.92. The van der Waals surface area contributed by atoms with Crippen molar-refractivity contribution in [2.75, 3.05) is 16.7 Å². The summed E-state index contributed by atoms with van der Waals surface area (Å²) in [7, 11) is -3.52. The lowest BCUT2D eigenvalue weighted by Crippen LogP contribution is -2.24. The van der Waals surface area contributed by atoms with Crippen LogP contribution in [0, 0.1) is 6.92 Å². The van der Waals surface area contributed by atoms with E-state index in [1.807, 2.05) is 0 Å². The van der Waals surface area contributed by atoms with Gasteiger partial charge in [0.2, 0.25) is 10.0 Å². The van der Waals surface area contributed by atoms with Gasteiger partial charge in [-0.25, -0.2) is 8.42 Å². The van der Waals surface area contributed by atoms with E-state index in [9.17, 15) is 22.8 Å². The van der Waals surface area contributed by atoms with Gasteiger partial charge in [0.25, 0.3) is 17.4 Å². The first-order valence-corrected chi connectivity index (χ1v) is 8.97. The molecule has 2 amide bonds. The van der Waals surface area contributed by atoms with Gasteiger partial charge in [-0.2, -0.15) is 0 Å². The van der Waals surface area contributed by atoms with Crippen LogP contribution in [0.25, 0.3) is 5.69 Å². The van der Waals surface area contributed by atoms with Crippen LogP contribution >= 0.6 is 0 Å². The summed E-state index contributed by atoms with van der Waals surface area (Å²) in [5, 5.41) is 2.08. The number of aryl methyl sites for hydroxylation is 1. The first kappa shape index (κ1) is 16.7.